The summed E-state index contributed by atoms with van der Waals surface area (Å²) in [4.78, 5) is 0. The maximum absolute atomic E-state index is 8.79. The Balaban J connectivity index is 2.27. The lowest BCUT2D eigenvalue weighted by Crippen LogP contribution is -2.25. The van der Waals surface area contributed by atoms with Crippen molar-refractivity contribution in [2.75, 3.05) is 13.2 Å². The minimum absolute atomic E-state index is 0.272. The molecule has 0 radical (unpaired) electrons. The van der Waals surface area contributed by atoms with Crippen LogP contribution < -0.4 is 10.1 Å². The topological polar surface area (TPSA) is 41.5 Å². The fraction of sp³-hybridized carbons (Fsp3) is 0.647. The molecule has 0 aliphatic carbocycles. The van der Waals surface area contributed by atoms with Crippen molar-refractivity contribution in [1.82, 2.24) is 5.32 Å². The van der Waals surface area contributed by atoms with Gasteiger partial charge in [0.05, 0.1) is 6.61 Å². The normalized spacial score (nSPS) is 12.7. The van der Waals surface area contributed by atoms with E-state index in [2.05, 4.69) is 38.2 Å². The number of hydrogen-bond donors (Lipinski definition) is 2. The molecule has 1 rings (SSSR count). The van der Waals surface area contributed by atoms with Crippen LogP contribution in [-0.2, 0) is 6.54 Å². The van der Waals surface area contributed by atoms with Gasteiger partial charge in [0.25, 0.3) is 0 Å². The third kappa shape index (κ3) is 7.51. The van der Waals surface area contributed by atoms with Gasteiger partial charge in [-0.05, 0) is 49.8 Å². The van der Waals surface area contributed by atoms with Crippen molar-refractivity contribution in [3.8, 4) is 5.75 Å². The molecular weight excluding hydrogens is 250 g/mol. The van der Waals surface area contributed by atoms with E-state index in [9.17, 15) is 0 Å². The predicted octanol–water partition coefficient (Wildman–Crippen LogP) is 3.36. The summed E-state index contributed by atoms with van der Waals surface area (Å²) in [6, 6.07) is 8.72. The number of aliphatic hydroxyl groups is 1. The van der Waals surface area contributed by atoms with E-state index in [0.29, 0.717) is 12.0 Å². The van der Waals surface area contributed by atoms with E-state index in [1.807, 2.05) is 12.1 Å². The molecule has 0 spiro atoms. The van der Waals surface area contributed by atoms with Crippen LogP contribution in [0, 0.1) is 5.92 Å². The van der Waals surface area contributed by atoms with Crippen LogP contribution >= 0.6 is 0 Å². The van der Waals surface area contributed by atoms with Gasteiger partial charge >= 0.3 is 0 Å². The van der Waals surface area contributed by atoms with Crippen LogP contribution in [0.15, 0.2) is 24.3 Å². The molecule has 1 unspecified atom stereocenters. The average molecular weight is 279 g/mol. The van der Waals surface area contributed by atoms with Crippen molar-refractivity contribution in [3.63, 3.8) is 0 Å². The number of rotatable bonds is 10. The van der Waals surface area contributed by atoms with Crippen LogP contribution in [0.3, 0.4) is 0 Å². The zero-order chi connectivity index (χ0) is 14.8. The second-order valence-electron chi connectivity index (χ2n) is 5.82. The summed E-state index contributed by atoms with van der Waals surface area (Å²) in [6.07, 6.45) is 2.95. The van der Waals surface area contributed by atoms with Gasteiger partial charge in [0, 0.05) is 19.2 Å². The Bertz CT molecular complexity index is 349. The maximum Gasteiger partial charge on any atom is 0.119 e. The van der Waals surface area contributed by atoms with E-state index < -0.39 is 0 Å². The highest BCUT2D eigenvalue weighted by Crippen LogP contribution is 2.13. The second kappa shape index (κ2) is 9.78. The van der Waals surface area contributed by atoms with Gasteiger partial charge in [0.2, 0.25) is 0 Å². The van der Waals surface area contributed by atoms with Gasteiger partial charge in [-0.1, -0.05) is 26.0 Å². The van der Waals surface area contributed by atoms with E-state index in [4.69, 9.17) is 9.84 Å². The standard InChI is InChI=1S/C17H29NO2/c1-14(2)10-12-20-17-8-6-16(7-9-17)13-18-15(3)5-4-11-19/h6-9,14-15,18-19H,4-5,10-13H2,1-3H3. The molecule has 114 valence electrons. The number of aliphatic hydroxyl groups excluding tert-OH is 1. The maximum atomic E-state index is 8.79. The minimum Gasteiger partial charge on any atom is -0.494 e. The number of nitrogens with one attached hydrogen (secondary N) is 1. The fourth-order valence-electron chi connectivity index (χ4n) is 1.91. The fourth-order valence-corrected chi connectivity index (χ4v) is 1.91. The Morgan fingerprint density at radius 2 is 1.80 bits per heavy atom. The van der Waals surface area contributed by atoms with Gasteiger partial charge in [-0.2, -0.15) is 0 Å². The van der Waals surface area contributed by atoms with E-state index in [1.54, 1.807) is 0 Å². The van der Waals surface area contributed by atoms with Crippen molar-refractivity contribution >= 4 is 0 Å². The molecule has 0 fully saturated rings. The molecule has 0 amide bonds. The van der Waals surface area contributed by atoms with Crippen molar-refractivity contribution in [2.45, 2.75) is 52.6 Å². The second-order valence-corrected chi connectivity index (χ2v) is 5.82. The molecule has 0 saturated heterocycles. The number of ether oxygens (including phenoxy) is 1. The minimum atomic E-state index is 0.272. The molecule has 0 aromatic heterocycles. The molecule has 0 saturated carbocycles. The van der Waals surface area contributed by atoms with Crippen molar-refractivity contribution < 1.29 is 9.84 Å². The monoisotopic (exact) mass is 279 g/mol. The SMILES string of the molecule is CC(C)CCOc1ccc(CNC(C)CCCO)cc1. The quantitative estimate of drug-likeness (QED) is 0.690. The molecule has 3 heteroatoms. The van der Waals surface area contributed by atoms with E-state index in [0.717, 1.165) is 38.2 Å². The third-order valence-electron chi connectivity index (χ3n) is 3.34. The Hall–Kier alpha value is -1.06. The Morgan fingerprint density at radius 3 is 2.40 bits per heavy atom. The summed E-state index contributed by atoms with van der Waals surface area (Å²) in [7, 11) is 0. The van der Waals surface area contributed by atoms with Crippen LogP contribution in [0.25, 0.3) is 0 Å². The van der Waals surface area contributed by atoms with Crippen LogP contribution in [0.4, 0.5) is 0 Å². The summed E-state index contributed by atoms with van der Waals surface area (Å²) in [5.41, 5.74) is 1.26. The first-order valence-electron chi connectivity index (χ1n) is 7.67. The smallest absolute Gasteiger partial charge is 0.119 e. The molecule has 2 N–H and O–H groups in total. The molecular formula is C17H29NO2. The molecule has 0 heterocycles. The Kier molecular flexibility index (Phi) is 8.31. The first kappa shape index (κ1) is 17.0. The Labute approximate surface area is 123 Å². The summed E-state index contributed by atoms with van der Waals surface area (Å²) >= 11 is 0. The summed E-state index contributed by atoms with van der Waals surface area (Å²) < 4.78 is 5.70. The summed E-state index contributed by atoms with van der Waals surface area (Å²) in [6.45, 7) is 8.48. The zero-order valence-electron chi connectivity index (χ0n) is 13.1. The zero-order valence-corrected chi connectivity index (χ0v) is 13.1. The van der Waals surface area contributed by atoms with E-state index in [1.165, 1.54) is 5.56 Å². The van der Waals surface area contributed by atoms with Gasteiger partial charge in [0.15, 0.2) is 0 Å². The average Bonchev–Trinajstić information content (AvgIpc) is 2.44. The van der Waals surface area contributed by atoms with Crippen molar-refractivity contribution in [2.24, 2.45) is 5.92 Å². The highest BCUT2D eigenvalue weighted by atomic mass is 16.5. The molecule has 1 aromatic rings. The van der Waals surface area contributed by atoms with Crippen LogP contribution in [0.5, 0.6) is 5.75 Å². The molecule has 0 aliphatic rings. The predicted molar refractivity (Wildman–Crippen MR) is 84.0 cm³/mol. The summed E-state index contributed by atoms with van der Waals surface area (Å²) in [5, 5.41) is 12.3. The van der Waals surface area contributed by atoms with Gasteiger partial charge in [-0.25, -0.2) is 0 Å². The highest BCUT2D eigenvalue weighted by Gasteiger charge is 2.02. The van der Waals surface area contributed by atoms with Gasteiger partial charge < -0.3 is 15.2 Å². The molecule has 0 bridgehead atoms. The highest BCUT2D eigenvalue weighted by molar-refractivity contribution is 5.27. The van der Waals surface area contributed by atoms with Crippen LogP contribution in [-0.4, -0.2) is 24.4 Å². The van der Waals surface area contributed by atoms with Gasteiger partial charge in [-0.15, -0.1) is 0 Å². The largest absolute Gasteiger partial charge is 0.494 e. The number of hydrogen-bond acceptors (Lipinski definition) is 3. The molecule has 1 atom stereocenters. The molecule has 1 aromatic carbocycles. The third-order valence-corrected chi connectivity index (χ3v) is 3.34. The molecule has 3 nitrogen and oxygen atoms in total. The first-order chi connectivity index (χ1) is 9.61. The lowest BCUT2D eigenvalue weighted by atomic mass is 10.1. The lowest BCUT2D eigenvalue weighted by molar-refractivity contribution is 0.276. The van der Waals surface area contributed by atoms with Crippen LogP contribution in [0.2, 0.25) is 0 Å². The summed E-state index contributed by atoms with van der Waals surface area (Å²) in [5.74, 6) is 1.63. The van der Waals surface area contributed by atoms with Gasteiger partial charge in [0.1, 0.15) is 5.75 Å². The lowest BCUT2D eigenvalue weighted by Gasteiger charge is -2.13. The first-order valence-corrected chi connectivity index (χ1v) is 7.67. The number of benzene rings is 1. The molecule has 0 aliphatic heterocycles. The van der Waals surface area contributed by atoms with E-state index >= 15 is 0 Å². The Morgan fingerprint density at radius 1 is 1.10 bits per heavy atom. The van der Waals surface area contributed by atoms with Crippen LogP contribution in [0.1, 0.15) is 45.6 Å². The molecule has 20 heavy (non-hydrogen) atoms. The van der Waals surface area contributed by atoms with Gasteiger partial charge in [-0.3, -0.25) is 0 Å². The van der Waals surface area contributed by atoms with Crippen molar-refractivity contribution in [1.29, 1.82) is 0 Å². The van der Waals surface area contributed by atoms with E-state index in [-0.39, 0.29) is 6.61 Å². The van der Waals surface area contributed by atoms with Crippen molar-refractivity contribution in [3.05, 3.63) is 29.8 Å².